The van der Waals surface area contributed by atoms with E-state index in [0.717, 1.165) is 12.8 Å². The summed E-state index contributed by atoms with van der Waals surface area (Å²) < 4.78 is 0. The van der Waals surface area contributed by atoms with Crippen molar-refractivity contribution >= 4 is 17.3 Å². The van der Waals surface area contributed by atoms with E-state index in [0.29, 0.717) is 17.2 Å². The maximum absolute atomic E-state index is 12.0. The SMILES string of the molecule is CN(C)C(=O)c1ccc([N+](=O)[O-])c(NC(C)(C)C2CC2)c1. The molecule has 1 aliphatic rings. The van der Waals surface area contributed by atoms with E-state index < -0.39 is 4.92 Å². The van der Waals surface area contributed by atoms with E-state index in [9.17, 15) is 14.9 Å². The van der Waals surface area contributed by atoms with Gasteiger partial charge in [0.1, 0.15) is 5.69 Å². The molecule has 0 aliphatic heterocycles. The zero-order valence-corrected chi connectivity index (χ0v) is 12.8. The lowest BCUT2D eigenvalue weighted by molar-refractivity contribution is -0.384. The van der Waals surface area contributed by atoms with Crippen LogP contribution in [0.2, 0.25) is 0 Å². The molecule has 114 valence electrons. The zero-order valence-electron chi connectivity index (χ0n) is 12.8. The molecule has 0 saturated heterocycles. The number of benzene rings is 1. The van der Waals surface area contributed by atoms with Gasteiger partial charge >= 0.3 is 0 Å². The van der Waals surface area contributed by atoms with Crippen LogP contribution in [-0.4, -0.2) is 35.4 Å². The summed E-state index contributed by atoms with van der Waals surface area (Å²) in [4.78, 5) is 24.2. The third kappa shape index (κ3) is 3.32. The van der Waals surface area contributed by atoms with E-state index in [1.54, 1.807) is 20.2 Å². The summed E-state index contributed by atoms with van der Waals surface area (Å²) >= 11 is 0. The summed E-state index contributed by atoms with van der Waals surface area (Å²) in [5.74, 6) is 0.350. The van der Waals surface area contributed by atoms with Crippen molar-refractivity contribution in [3.8, 4) is 0 Å². The number of hydrogen-bond acceptors (Lipinski definition) is 4. The molecular formula is C15H21N3O3. The van der Waals surface area contributed by atoms with Crippen LogP contribution in [0.3, 0.4) is 0 Å². The predicted molar refractivity (Wildman–Crippen MR) is 81.5 cm³/mol. The number of rotatable bonds is 5. The molecule has 21 heavy (non-hydrogen) atoms. The number of amides is 1. The Balaban J connectivity index is 2.37. The van der Waals surface area contributed by atoms with E-state index in [4.69, 9.17) is 0 Å². The number of nitrogens with zero attached hydrogens (tertiary/aromatic N) is 2. The van der Waals surface area contributed by atoms with Crippen molar-refractivity contribution in [3.05, 3.63) is 33.9 Å². The van der Waals surface area contributed by atoms with Crippen molar-refractivity contribution in [2.75, 3.05) is 19.4 Å². The summed E-state index contributed by atoms with van der Waals surface area (Å²) in [6, 6.07) is 4.46. The van der Waals surface area contributed by atoms with Gasteiger partial charge in [-0.3, -0.25) is 14.9 Å². The van der Waals surface area contributed by atoms with Crippen LogP contribution < -0.4 is 5.32 Å². The molecule has 0 atom stereocenters. The first kappa shape index (κ1) is 15.3. The Morgan fingerprint density at radius 1 is 1.38 bits per heavy atom. The lowest BCUT2D eigenvalue weighted by Crippen LogP contribution is -2.33. The molecule has 0 spiro atoms. The molecule has 0 heterocycles. The van der Waals surface area contributed by atoms with Gasteiger partial charge in [-0.15, -0.1) is 0 Å². The number of hydrogen-bond donors (Lipinski definition) is 1. The average molecular weight is 291 g/mol. The van der Waals surface area contributed by atoms with E-state index in [2.05, 4.69) is 5.32 Å². The Morgan fingerprint density at radius 2 is 2.00 bits per heavy atom. The van der Waals surface area contributed by atoms with Gasteiger partial charge in [-0.05, 0) is 44.7 Å². The molecule has 0 radical (unpaired) electrons. The molecule has 6 heteroatoms. The number of carbonyl (C=O) groups excluding carboxylic acids is 1. The maximum atomic E-state index is 12.0. The van der Waals surface area contributed by atoms with Crippen LogP contribution in [0.25, 0.3) is 0 Å². The third-order valence-corrected chi connectivity index (χ3v) is 3.90. The molecule has 1 N–H and O–H groups in total. The van der Waals surface area contributed by atoms with Gasteiger partial charge in [-0.1, -0.05) is 0 Å². The molecule has 0 aromatic heterocycles. The van der Waals surface area contributed by atoms with Crippen molar-refractivity contribution in [1.82, 2.24) is 4.90 Å². The second-order valence-corrected chi connectivity index (χ2v) is 6.31. The van der Waals surface area contributed by atoms with Gasteiger partial charge in [-0.25, -0.2) is 0 Å². The Kier molecular flexibility index (Phi) is 3.89. The summed E-state index contributed by atoms with van der Waals surface area (Å²) in [7, 11) is 3.32. The first-order chi connectivity index (χ1) is 9.72. The fraction of sp³-hybridized carbons (Fsp3) is 0.533. The highest BCUT2D eigenvalue weighted by Crippen LogP contribution is 2.42. The van der Waals surface area contributed by atoms with Crippen LogP contribution in [0.4, 0.5) is 11.4 Å². The highest BCUT2D eigenvalue weighted by Gasteiger charge is 2.38. The number of nitrogens with one attached hydrogen (secondary N) is 1. The lowest BCUT2D eigenvalue weighted by Gasteiger charge is -2.27. The van der Waals surface area contributed by atoms with Crippen molar-refractivity contribution in [2.45, 2.75) is 32.2 Å². The maximum Gasteiger partial charge on any atom is 0.292 e. The number of nitro groups is 1. The standard InChI is InChI=1S/C15H21N3O3/c1-15(2,11-6-7-11)16-12-9-10(14(19)17(3)4)5-8-13(12)18(20)21/h5,8-9,11,16H,6-7H2,1-4H3. The minimum Gasteiger partial charge on any atom is -0.374 e. The fourth-order valence-electron chi connectivity index (χ4n) is 2.44. The van der Waals surface area contributed by atoms with Crippen LogP contribution in [0.5, 0.6) is 0 Å². The van der Waals surface area contributed by atoms with E-state index in [1.165, 1.54) is 17.0 Å². The molecule has 2 rings (SSSR count). The fourth-order valence-corrected chi connectivity index (χ4v) is 2.44. The monoisotopic (exact) mass is 291 g/mol. The number of carbonyl (C=O) groups is 1. The molecule has 0 unspecified atom stereocenters. The first-order valence-electron chi connectivity index (χ1n) is 7.00. The normalized spacial score (nSPS) is 14.7. The van der Waals surface area contributed by atoms with Gasteiger partial charge in [0.25, 0.3) is 11.6 Å². The average Bonchev–Trinajstić information content (AvgIpc) is 3.21. The smallest absolute Gasteiger partial charge is 0.292 e. The zero-order chi connectivity index (χ0) is 15.8. The molecule has 1 saturated carbocycles. The molecule has 6 nitrogen and oxygen atoms in total. The van der Waals surface area contributed by atoms with Crippen LogP contribution in [0.15, 0.2) is 18.2 Å². The second kappa shape index (κ2) is 5.35. The quantitative estimate of drug-likeness (QED) is 0.668. The van der Waals surface area contributed by atoms with Gasteiger partial charge < -0.3 is 10.2 Å². The number of nitro benzene ring substituents is 1. The first-order valence-corrected chi connectivity index (χ1v) is 7.00. The van der Waals surface area contributed by atoms with Crippen LogP contribution in [-0.2, 0) is 0 Å². The largest absolute Gasteiger partial charge is 0.374 e. The Bertz CT molecular complexity index is 578. The van der Waals surface area contributed by atoms with Crippen LogP contribution in [0.1, 0.15) is 37.0 Å². The Hall–Kier alpha value is -2.11. The van der Waals surface area contributed by atoms with Gasteiger partial charge in [0.2, 0.25) is 0 Å². The molecule has 1 amide bonds. The molecule has 1 aromatic rings. The molecule has 0 bridgehead atoms. The Morgan fingerprint density at radius 3 is 2.48 bits per heavy atom. The van der Waals surface area contributed by atoms with Gasteiger partial charge in [0.15, 0.2) is 0 Å². The lowest BCUT2D eigenvalue weighted by atomic mass is 9.97. The van der Waals surface area contributed by atoms with Crippen molar-refractivity contribution in [2.24, 2.45) is 5.92 Å². The number of anilines is 1. The van der Waals surface area contributed by atoms with Gasteiger partial charge in [0, 0.05) is 31.3 Å². The van der Waals surface area contributed by atoms with Crippen molar-refractivity contribution < 1.29 is 9.72 Å². The van der Waals surface area contributed by atoms with E-state index >= 15 is 0 Å². The highest BCUT2D eigenvalue weighted by atomic mass is 16.6. The van der Waals surface area contributed by atoms with E-state index in [1.807, 2.05) is 13.8 Å². The van der Waals surface area contributed by atoms with Crippen molar-refractivity contribution in [3.63, 3.8) is 0 Å². The summed E-state index contributed by atoms with van der Waals surface area (Å²) in [6.45, 7) is 4.07. The summed E-state index contributed by atoms with van der Waals surface area (Å²) in [5.41, 5.74) is 0.633. The minimum absolute atomic E-state index is 0.000897. The van der Waals surface area contributed by atoms with Gasteiger partial charge in [0.05, 0.1) is 4.92 Å². The Labute approximate surface area is 124 Å². The van der Waals surface area contributed by atoms with Crippen molar-refractivity contribution in [1.29, 1.82) is 0 Å². The second-order valence-electron chi connectivity index (χ2n) is 6.31. The topological polar surface area (TPSA) is 75.5 Å². The molecule has 1 aliphatic carbocycles. The summed E-state index contributed by atoms with van der Waals surface area (Å²) in [5, 5.41) is 14.4. The van der Waals surface area contributed by atoms with Crippen LogP contribution >= 0.6 is 0 Å². The molecule has 1 aromatic carbocycles. The molecular weight excluding hydrogens is 270 g/mol. The predicted octanol–water partition coefficient (Wildman–Crippen LogP) is 2.90. The third-order valence-electron chi connectivity index (χ3n) is 3.90. The van der Waals surface area contributed by atoms with Gasteiger partial charge in [-0.2, -0.15) is 0 Å². The van der Waals surface area contributed by atoms with Crippen LogP contribution in [0, 0.1) is 16.0 Å². The summed E-state index contributed by atoms with van der Waals surface area (Å²) in [6.07, 6.45) is 2.26. The highest BCUT2D eigenvalue weighted by molar-refractivity contribution is 5.95. The minimum atomic E-state index is -0.421. The van der Waals surface area contributed by atoms with E-state index in [-0.39, 0.29) is 17.1 Å². The molecule has 1 fully saturated rings.